The number of carbonyl (C=O) groups is 1. The Balaban J connectivity index is 1.11. The van der Waals surface area contributed by atoms with Gasteiger partial charge in [-0.3, -0.25) is 4.57 Å². The molecule has 0 aliphatic carbocycles. The van der Waals surface area contributed by atoms with Gasteiger partial charge in [0.25, 0.3) is 0 Å². The number of benzene rings is 2. The summed E-state index contributed by atoms with van der Waals surface area (Å²) in [6.45, 7) is 7.44. The van der Waals surface area contributed by atoms with Crippen LogP contribution in [0.3, 0.4) is 0 Å². The predicted molar refractivity (Wildman–Crippen MR) is 164 cm³/mol. The minimum absolute atomic E-state index is 0.0810. The Morgan fingerprint density at radius 3 is 2.83 bits per heavy atom. The summed E-state index contributed by atoms with van der Waals surface area (Å²) in [5.41, 5.74) is 3.74. The van der Waals surface area contributed by atoms with Crippen LogP contribution in [0.15, 0.2) is 79.8 Å². The molecule has 10 heteroatoms. The molecule has 212 valence electrons. The number of carbonyl (C=O) groups excluding carboxylic acids is 1. The normalized spacial score (nSPS) is 19.6. The number of urea groups is 1. The number of piperidine rings is 1. The molecule has 0 bridgehead atoms. The summed E-state index contributed by atoms with van der Waals surface area (Å²) in [4.78, 5) is 28.7. The van der Waals surface area contributed by atoms with Crippen LogP contribution in [-0.2, 0) is 0 Å². The van der Waals surface area contributed by atoms with Crippen LogP contribution in [0.1, 0.15) is 25.7 Å². The van der Waals surface area contributed by atoms with E-state index in [2.05, 4.69) is 56.0 Å². The Bertz CT molecular complexity index is 1480. The maximum absolute atomic E-state index is 12.9. The molecule has 3 unspecified atom stereocenters. The van der Waals surface area contributed by atoms with Crippen LogP contribution in [-0.4, -0.2) is 68.7 Å². The van der Waals surface area contributed by atoms with Crippen LogP contribution in [0.2, 0.25) is 0 Å². The zero-order valence-corrected chi connectivity index (χ0v) is 23.2. The summed E-state index contributed by atoms with van der Waals surface area (Å²) in [5, 5.41) is 13.5. The molecule has 4 aromatic rings. The molecule has 41 heavy (non-hydrogen) atoms. The fourth-order valence-electron chi connectivity index (χ4n) is 5.76. The second-order valence-electron chi connectivity index (χ2n) is 10.8. The average Bonchev–Trinajstić information content (AvgIpc) is 3.69. The molecular weight excluding hydrogens is 514 g/mol. The van der Waals surface area contributed by atoms with E-state index in [0.29, 0.717) is 18.5 Å². The fraction of sp³-hybridized carbons (Fsp3) is 0.355. The minimum atomic E-state index is -0.0832. The molecule has 2 aromatic carbocycles. The third kappa shape index (κ3) is 6.33. The van der Waals surface area contributed by atoms with Gasteiger partial charge in [-0.15, -0.1) is 6.58 Å². The van der Waals surface area contributed by atoms with E-state index in [1.807, 2.05) is 51.9 Å². The molecule has 2 fully saturated rings. The van der Waals surface area contributed by atoms with Crippen LogP contribution < -0.4 is 21.3 Å². The van der Waals surface area contributed by atoms with Crippen molar-refractivity contribution in [2.75, 3.05) is 42.1 Å². The SMILES string of the molecule is C=CC(Nc1nccc(-n2cnc3cc(NCC4CCCN4)ccc32)n1)C1CCCN(C(=O)Nc2ccccc2)C1. The van der Waals surface area contributed by atoms with Crippen molar-refractivity contribution in [3.63, 3.8) is 0 Å². The van der Waals surface area contributed by atoms with Gasteiger partial charge in [0.1, 0.15) is 12.1 Å². The summed E-state index contributed by atoms with van der Waals surface area (Å²) in [6, 6.07) is 18.0. The first-order chi connectivity index (χ1) is 20.2. The number of para-hydroxylation sites is 1. The molecule has 2 amide bonds. The summed E-state index contributed by atoms with van der Waals surface area (Å²) < 4.78 is 1.98. The number of likely N-dealkylation sites (tertiary alicyclic amines) is 1. The number of anilines is 3. The maximum atomic E-state index is 12.9. The van der Waals surface area contributed by atoms with E-state index in [9.17, 15) is 4.79 Å². The highest BCUT2D eigenvalue weighted by molar-refractivity contribution is 5.89. The number of imidazole rings is 1. The van der Waals surface area contributed by atoms with Gasteiger partial charge in [0.2, 0.25) is 5.95 Å². The van der Waals surface area contributed by atoms with E-state index in [1.54, 1.807) is 12.5 Å². The van der Waals surface area contributed by atoms with Gasteiger partial charge >= 0.3 is 6.03 Å². The quantitative estimate of drug-likeness (QED) is 0.219. The molecule has 4 heterocycles. The van der Waals surface area contributed by atoms with Gasteiger partial charge in [-0.1, -0.05) is 24.3 Å². The molecule has 3 atom stereocenters. The maximum Gasteiger partial charge on any atom is 0.321 e. The molecule has 2 aliphatic heterocycles. The van der Waals surface area contributed by atoms with Gasteiger partial charge in [-0.05, 0) is 68.6 Å². The van der Waals surface area contributed by atoms with Crippen molar-refractivity contribution in [2.24, 2.45) is 5.92 Å². The highest BCUT2D eigenvalue weighted by Crippen LogP contribution is 2.25. The van der Waals surface area contributed by atoms with Crippen LogP contribution in [0.5, 0.6) is 0 Å². The first-order valence-electron chi connectivity index (χ1n) is 14.4. The molecule has 0 radical (unpaired) electrons. The molecule has 6 rings (SSSR count). The molecule has 2 saturated heterocycles. The number of nitrogens with one attached hydrogen (secondary N) is 4. The van der Waals surface area contributed by atoms with Crippen molar-refractivity contribution in [1.82, 2.24) is 29.7 Å². The smallest absolute Gasteiger partial charge is 0.321 e. The number of hydrogen-bond acceptors (Lipinski definition) is 7. The lowest BCUT2D eigenvalue weighted by Gasteiger charge is -2.36. The number of nitrogens with zero attached hydrogens (tertiary/aromatic N) is 5. The second-order valence-corrected chi connectivity index (χ2v) is 10.8. The Morgan fingerprint density at radius 2 is 2.00 bits per heavy atom. The van der Waals surface area contributed by atoms with Gasteiger partial charge in [0.05, 0.1) is 17.1 Å². The van der Waals surface area contributed by atoms with E-state index in [0.717, 1.165) is 60.7 Å². The van der Waals surface area contributed by atoms with Crippen molar-refractivity contribution in [3.8, 4) is 5.82 Å². The molecule has 0 spiro atoms. The van der Waals surface area contributed by atoms with E-state index >= 15 is 0 Å². The van der Waals surface area contributed by atoms with Gasteiger partial charge in [-0.25, -0.2) is 14.8 Å². The molecule has 2 aromatic heterocycles. The topological polar surface area (TPSA) is 112 Å². The third-order valence-corrected chi connectivity index (χ3v) is 7.98. The second kappa shape index (κ2) is 12.4. The number of aromatic nitrogens is 4. The van der Waals surface area contributed by atoms with Gasteiger partial charge in [-0.2, -0.15) is 4.98 Å². The van der Waals surface area contributed by atoms with E-state index < -0.39 is 0 Å². The Hall–Kier alpha value is -4.44. The average molecular weight is 552 g/mol. The third-order valence-electron chi connectivity index (χ3n) is 7.98. The van der Waals surface area contributed by atoms with Crippen LogP contribution in [0, 0.1) is 5.92 Å². The number of amides is 2. The zero-order chi connectivity index (χ0) is 28.0. The number of hydrogen-bond donors (Lipinski definition) is 4. The lowest BCUT2D eigenvalue weighted by Crippen LogP contribution is -2.46. The number of fused-ring (bicyclic) bond motifs is 1. The van der Waals surface area contributed by atoms with E-state index in [1.165, 1.54) is 12.8 Å². The van der Waals surface area contributed by atoms with E-state index in [4.69, 9.17) is 4.98 Å². The summed E-state index contributed by atoms with van der Waals surface area (Å²) in [6.07, 6.45) is 9.80. The zero-order valence-electron chi connectivity index (χ0n) is 23.2. The summed E-state index contributed by atoms with van der Waals surface area (Å²) >= 11 is 0. The van der Waals surface area contributed by atoms with Gasteiger partial charge in [0, 0.05) is 49.2 Å². The highest BCUT2D eigenvalue weighted by atomic mass is 16.2. The lowest BCUT2D eigenvalue weighted by atomic mass is 9.90. The Kier molecular flexibility index (Phi) is 8.09. The molecule has 4 N–H and O–H groups in total. The standard InChI is InChI=1S/C31H37N9O/c1-2-26(22-8-7-17-39(20-22)31(41)36-23-9-4-3-5-10-23)37-30-33-16-14-29(38-30)40-21-35-27-18-24(12-13-28(27)40)34-19-25-11-6-15-32-25/h2-5,9-10,12-14,16,18,21-22,25-26,32,34H,1,6-8,11,15,17,19-20H2,(H,36,41)(H,33,37,38). The number of rotatable bonds is 9. The van der Waals surface area contributed by atoms with Gasteiger partial charge in [0.15, 0.2) is 0 Å². The van der Waals surface area contributed by atoms with Gasteiger partial charge < -0.3 is 26.2 Å². The highest BCUT2D eigenvalue weighted by Gasteiger charge is 2.29. The summed E-state index contributed by atoms with van der Waals surface area (Å²) in [5.74, 6) is 1.44. The molecule has 10 nitrogen and oxygen atoms in total. The monoisotopic (exact) mass is 551 g/mol. The van der Waals surface area contributed by atoms with Crippen molar-refractivity contribution >= 4 is 34.4 Å². The predicted octanol–water partition coefficient (Wildman–Crippen LogP) is 4.89. The molecule has 2 aliphatic rings. The molecular formula is C31H37N9O. The first kappa shape index (κ1) is 26.8. The minimum Gasteiger partial charge on any atom is -0.383 e. The largest absolute Gasteiger partial charge is 0.383 e. The van der Waals surface area contributed by atoms with Crippen LogP contribution in [0.25, 0.3) is 16.9 Å². The van der Waals surface area contributed by atoms with Crippen molar-refractivity contribution in [3.05, 3.63) is 79.8 Å². The first-order valence-corrected chi connectivity index (χ1v) is 14.4. The Labute approximate surface area is 240 Å². The van der Waals surface area contributed by atoms with Crippen molar-refractivity contribution < 1.29 is 4.79 Å². The van der Waals surface area contributed by atoms with Crippen LogP contribution >= 0.6 is 0 Å². The van der Waals surface area contributed by atoms with E-state index in [-0.39, 0.29) is 18.0 Å². The fourth-order valence-corrected chi connectivity index (χ4v) is 5.76. The lowest BCUT2D eigenvalue weighted by molar-refractivity contribution is 0.175. The van der Waals surface area contributed by atoms with Crippen molar-refractivity contribution in [1.29, 1.82) is 0 Å². The Morgan fingerprint density at radius 1 is 1.10 bits per heavy atom. The van der Waals surface area contributed by atoms with Crippen molar-refractivity contribution in [2.45, 2.75) is 37.8 Å². The molecule has 0 saturated carbocycles. The summed E-state index contributed by atoms with van der Waals surface area (Å²) in [7, 11) is 0. The van der Waals surface area contributed by atoms with Crippen LogP contribution in [0.4, 0.5) is 22.1 Å².